The van der Waals surface area contributed by atoms with Gasteiger partial charge in [-0.1, -0.05) is 27.7 Å². The Hall–Kier alpha value is -0.570. The first kappa shape index (κ1) is 17.4. The van der Waals surface area contributed by atoms with Crippen LogP contribution >= 0.6 is 0 Å². The third kappa shape index (κ3) is 7.70. The molecule has 0 aromatic heterocycles. The van der Waals surface area contributed by atoms with Crippen molar-refractivity contribution in [2.75, 3.05) is 20.1 Å². The molecule has 0 atom stereocenters. The fraction of sp³-hybridized carbons (Fsp3) is 0.933. The van der Waals surface area contributed by atoms with Gasteiger partial charge in [0, 0.05) is 0 Å². The van der Waals surface area contributed by atoms with Gasteiger partial charge in [0.1, 0.15) is 5.60 Å². The topological polar surface area (TPSA) is 29.5 Å². The second kappa shape index (κ2) is 6.55. The van der Waals surface area contributed by atoms with Gasteiger partial charge in [-0.2, -0.15) is 0 Å². The summed E-state index contributed by atoms with van der Waals surface area (Å²) in [7, 11) is 1.97. The highest BCUT2D eigenvalue weighted by atomic mass is 16.6. The number of carbonyl (C=O) groups is 1. The molecule has 0 heterocycles. The Labute approximate surface area is 113 Å². The molecule has 0 saturated heterocycles. The van der Waals surface area contributed by atoms with Gasteiger partial charge in [-0.15, -0.1) is 0 Å². The summed E-state index contributed by atoms with van der Waals surface area (Å²) in [6.07, 6.45) is 1.09. The lowest BCUT2D eigenvalue weighted by atomic mass is 9.78. The molecule has 0 radical (unpaired) electrons. The van der Waals surface area contributed by atoms with Crippen molar-refractivity contribution in [1.82, 2.24) is 4.90 Å². The molecule has 0 rings (SSSR count). The quantitative estimate of drug-likeness (QED) is 0.684. The predicted molar refractivity (Wildman–Crippen MR) is 76.6 cm³/mol. The zero-order valence-electron chi connectivity index (χ0n) is 13.5. The number of hydrogen-bond acceptors (Lipinski definition) is 3. The molecule has 3 nitrogen and oxygen atoms in total. The number of rotatable bonds is 6. The van der Waals surface area contributed by atoms with E-state index in [1.165, 1.54) is 0 Å². The fourth-order valence-electron chi connectivity index (χ4n) is 1.44. The Kier molecular flexibility index (Phi) is 6.35. The standard InChI is InChI=1S/C15H31NO2/c1-12(2)15(6,7)9-10-16(8)11-13(17)18-14(3,4)5/h12H,9-11H2,1-8H3. The molecule has 0 amide bonds. The molecule has 0 aliphatic carbocycles. The lowest BCUT2D eigenvalue weighted by Crippen LogP contribution is -2.35. The van der Waals surface area contributed by atoms with Crippen LogP contribution in [0.4, 0.5) is 0 Å². The Bertz CT molecular complexity index is 264. The van der Waals surface area contributed by atoms with Gasteiger partial charge in [0.2, 0.25) is 0 Å². The molecule has 0 bridgehead atoms. The van der Waals surface area contributed by atoms with Crippen LogP contribution in [0.3, 0.4) is 0 Å². The van der Waals surface area contributed by atoms with Crippen molar-refractivity contribution >= 4 is 5.97 Å². The smallest absolute Gasteiger partial charge is 0.320 e. The minimum absolute atomic E-state index is 0.146. The van der Waals surface area contributed by atoms with E-state index in [1.54, 1.807) is 0 Å². The number of esters is 1. The van der Waals surface area contributed by atoms with Crippen LogP contribution in [0.1, 0.15) is 54.9 Å². The molecule has 0 saturated carbocycles. The number of carbonyl (C=O) groups excluding carboxylic acids is 1. The van der Waals surface area contributed by atoms with Crippen molar-refractivity contribution in [3.63, 3.8) is 0 Å². The molecule has 0 spiro atoms. The Balaban J connectivity index is 4.06. The first-order valence-electron chi connectivity index (χ1n) is 6.84. The average molecular weight is 257 g/mol. The molecule has 0 aromatic rings. The molecule has 18 heavy (non-hydrogen) atoms. The normalized spacial score (nSPS) is 13.2. The molecular formula is C15H31NO2. The van der Waals surface area contributed by atoms with Crippen LogP contribution < -0.4 is 0 Å². The lowest BCUT2D eigenvalue weighted by Gasteiger charge is -2.31. The van der Waals surface area contributed by atoms with Crippen molar-refractivity contribution < 1.29 is 9.53 Å². The third-order valence-corrected chi connectivity index (χ3v) is 3.52. The van der Waals surface area contributed by atoms with Gasteiger partial charge in [-0.3, -0.25) is 9.69 Å². The SMILES string of the molecule is CC(C)C(C)(C)CCN(C)CC(=O)OC(C)(C)C. The highest BCUT2D eigenvalue weighted by Gasteiger charge is 2.23. The highest BCUT2D eigenvalue weighted by Crippen LogP contribution is 2.29. The first-order valence-corrected chi connectivity index (χ1v) is 6.84. The van der Waals surface area contributed by atoms with Gasteiger partial charge in [-0.05, 0) is 52.1 Å². The minimum atomic E-state index is -0.394. The molecule has 0 aromatic carbocycles. The second-order valence-electron chi connectivity index (χ2n) is 7.22. The molecule has 0 aliphatic heterocycles. The molecule has 0 aliphatic rings. The Morgan fingerprint density at radius 3 is 2.06 bits per heavy atom. The van der Waals surface area contributed by atoms with Crippen molar-refractivity contribution in [3.05, 3.63) is 0 Å². The van der Waals surface area contributed by atoms with Crippen LogP contribution in [-0.2, 0) is 9.53 Å². The van der Waals surface area contributed by atoms with E-state index in [0.29, 0.717) is 17.9 Å². The molecule has 0 fully saturated rings. The van der Waals surface area contributed by atoms with E-state index >= 15 is 0 Å². The van der Waals surface area contributed by atoms with E-state index in [4.69, 9.17) is 4.74 Å². The van der Waals surface area contributed by atoms with E-state index in [-0.39, 0.29) is 5.97 Å². The van der Waals surface area contributed by atoms with Crippen LogP contribution in [0, 0.1) is 11.3 Å². The number of ether oxygens (including phenoxy) is 1. The molecule has 0 N–H and O–H groups in total. The minimum Gasteiger partial charge on any atom is -0.459 e. The van der Waals surface area contributed by atoms with Gasteiger partial charge < -0.3 is 4.74 Å². The van der Waals surface area contributed by atoms with E-state index in [9.17, 15) is 4.79 Å². The summed E-state index contributed by atoms with van der Waals surface area (Å²) in [5, 5.41) is 0. The van der Waals surface area contributed by atoms with Gasteiger partial charge in [0.25, 0.3) is 0 Å². The average Bonchev–Trinajstić information content (AvgIpc) is 2.11. The van der Waals surface area contributed by atoms with Gasteiger partial charge in [0.05, 0.1) is 6.54 Å². The summed E-state index contributed by atoms with van der Waals surface area (Å²) in [6.45, 7) is 16.0. The van der Waals surface area contributed by atoms with Crippen molar-refractivity contribution in [3.8, 4) is 0 Å². The van der Waals surface area contributed by atoms with Crippen molar-refractivity contribution in [2.24, 2.45) is 11.3 Å². The lowest BCUT2D eigenvalue weighted by molar-refractivity contribution is -0.155. The zero-order valence-corrected chi connectivity index (χ0v) is 13.5. The Morgan fingerprint density at radius 2 is 1.67 bits per heavy atom. The van der Waals surface area contributed by atoms with Crippen LogP contribution in [0.5, 0.6) is 0 Å². The largest absolute Gasteiger partial charge is 0.459 e. The molecule has 3 heteroatoms. The maximum Gasteiger partial charge on any atom is 0.320 e. The maximum absolute atomic E-state index is 11.7. The van der Waals surface area contributed by atoms with Gasteiger partial charge in [-0.25, -0.2) is 0 Å². The molecule has 108 valence electrons. The van der Waals surface area contributed by atoms with Crippen LogP contribution in [0.2, 0.25) is 0 Å². The van der Waals surface area contributed by atoms with Crippen molar-refractivity contribution in [1.29, 1.82) is 0 Å². The highest BCUT2D eigenvalue weighted by molar-refractivity contribution is 5.72. The van der Waals surface area contributed by atoms with E-state index < -0.39 is 5.60 Å². The number of hydrogen-bond donors (Lipinski definition) is 0. The third-order valence-electron chi connectivity index (χ3n) is 3.52. The maximum atomic E-state index is 11.7. The van der Waals surface area contributed by atoms with E-state index in [0.717, 1.165) is 13.0 Å². The summed E-state index contributed by atoms with van der Waals surface area (Å²) in [5.41, 5.74) is -0.0860. The van der Waals surface area contributed by atoms with Crippen LogP contribution in [-0.4, -0.2) is 36.6 Å². The van der Waals surface area contributed by atoms with Crippen molar-refractivity contribution in [2.45, 2.75) is 60.5 Å². The van der Waals surface area contributed by atoms with E-state index in [1.807, 2.05) is 32.7 Å². The van der Waals surface area contributed by atoms with Gasteiger partial charge in [0.15, 0.2) is 0 Å². The summed E-state index contributed by atoms with van der Waals surface area (Å²) in [5.74, 6) is 0.500. The van der Waals surface area contributed by atoms with Crippen LogP contribution in [0.25, 0.3) is 0 Å². The van der Waals surface area contributed by atoms with Gasteiger partial charge >= 0.3 is 5.97 Å². The predicted octanol–water partition coefficient (Wildman–Crippen LogP) is 3.33. The number of nitrogens with zero attached hydrogens (tertiary/aromatic N) is 1. The van der Waals surface area contributed by atoms with Crippen LogP contribution in [0.15, 0.2) is 0 Å². The first-order chi connectivity index (χ1) is 7.94. The summed E-state index contributed by atoms with van der Waals surface area (Å²) >= 11 is 0. The summed E-state index contributed by atoms with van der Waals surface area (Å²) in [4.78, 5) is 13.7. The molecule has 0 unspecified atom stereocenters. The van der Waals surface area contributed by atoms with E-state index in [2.05, 4.69) is 27.7 Å². The summed E-state index contributed by atoms with van der Waals surface area (Å²) < 4.78 is 5.31. The Morgan fingerprint density at radius 1 is 1.17 bits per heavy atom. The monoisotopic (exact) mass is 257 g/mol. The molecular weight excluding hydrogens is 226 g/mol. The number of likely N-dealkylation sites (N-methyl/N-ethyl adjacent to an activating group) is 1. The fourth-order valence-corrected chi connectivity index (χ4v) is 1.44. The summed E-state index contributed by atoms with van der Waals surface area (Å²) in [6, 6.07) is 0. The second-order valence-corrected chi connectivity index (χ2v) is 7.22. The zero-order chi connectivity index (χ0) is 14.6.